The zero-order valence-electron chi connectivity index (χ0n) is 11.2. The van der Waals surface area contributed by atoms with Crippen molar-refractivity contribution >= 4 is 0 Å². The molecule has 0 bridgehead atoms. The summed E-state index contributed by atoms with van der Waals surface area (Å²) in [6.07, 6.45) is 4.54. The van der Waals surface area contributed by atoms with Crippen LogP contribution in [0.4, 0.5) is 0 Å². The number of benzene rings is 1. The van der Waals surface area contributed by atoms with Crippen molar-refractivity contribution in [3.05, 3.63) is 29.3 Å². The fraction of sp³-hybridized carbons (Fsp3) is 0.600. The summed E-state index contributed by atoms with van der Waals surface area (Å²) in [5.41, 5.74) is 2.74. The Morgan fingerprint density at radius 3 is 3.17 bits per heavy atom. The molecule has 1 aliphatic rings. The van der Waals surface area contributed by atoms with Crippen molar-refractivity contribution in [1.29, 1.82) is 0 Å². The van der Waals surface area contributed by atoms with E-state index < -0.39 is 0 Å². The second-order valence-corrected chi connectivity index (χ2v) is 4.70. The van der Waals surface area contributed by atoms with Gasteiger partial charge in [-0.25, -0.2) is 0 Å². The average Bonchev–Trinajstić information content (AvgIpc) is 2.43. The van der Waals surface area contributed by atoms with E-state index in [1.807, 2.05) is 0 Å². The maximum atomic E-state index is 5.81. The van der Waals surface area contributed by atoms with Gasteiger partial charge in [-0.1, -0.05) is 18.2 Å². The molecule has 0 radical (unpaired) electrons. The van der Waals surface area contributed by atoms with Crippen molar-refractivity contribution in [2.75, 3.05) is 33.4 Å². The first-order valence-electron chi connectivity index (χ1n) is 6.85. The molecule has 0 fully saturated rings. The van der Waals surface area contributed by atoms with Crippen molar-refractivity contribution < 1.29 is 9.47 Å². The van der Waals surface area contributed by atoms with Crippen LogP contribution in [-0.4, -0.2) is 33.4 Å². The van der Waals surface area contributed by atoms with E-state index in [0.717, 1.165) is 57.7 Å². The number of rotatable bonds is 7. The Morgan fingerprint density at radius 1 is 1.33 bits per heavy atom. The molecule has 1 aromatic rings. The van der Waals surface area contributed by atoms with Gasteiger partial charge in [0.25, 0.3) is 0 Å². The van der Waals surface area contributed by atoms with Crippen LogP contribution in [0.2, 0.25) is 0 Å². The molecule has 1 aromatic carbocycles. The number of nitrogens with one attached hydrogen (secondary N) is 1. The number of methoxy groups -OCH3 is 1. The van der Waals surface area contributed by atoms with E-state index in [2.05, 4.69) is 23.5 Å². The highest BCUT2D eigenvalue weighted by Gasteiger charge is 2.13. The topological polar surface area (TPSA) is 30.5 Å². The van der Waals surface area contributed by atoms with Gasteiger partial charge in [0.2, 0.25) is 0 Å². The zero-order chi connectivity index (χ0) is 12.6. The summed E-state index contributed by atoms with van der Waals surface area (Å²) in [5.74, 6) is 1.15. The molecular weight excluding hydrogens is 226 g/mol. The fourth-order valence-corrected chi connectivity index (χ4v) is 2.36. The third-order valence-electron chi connectivity index (χ3n) is 3.30. The number of aryl methyl sites for hydroxylation is 2. The molecule has 1 N–H and O–H groups in total. The van der Waals surface area contributed by atoms with Crippen LogP contribution < -0.4 is 10.1 Å². The highest BCUT2D eigenvalue weighted by molar-refractivity contribution is 5.42. The van der Waals surface area contributed by atoms with Crippen LogP contribution in [-0.2, 0) is 17.6 Å². The predicted molar refractivity (Wildman–Crippen MR) is 73.3 cm³/mol. The molecule has 0 unspecified atom stereocenters. The summed E-state index contributed by atoms with van der Waals surface area (Å²) in [5, 5.41) is 3.37. The number of ether oxygens (including phenoxy) is 2. The quantitative estimate of drug-likeness (QED) is 0.751. The summed E-state index contributed by atoms with van der Waals surface area (Å²) in [6, 6.07) is 6.54. The third-order valence-corrected chi connectivity index (χ3v) is 3.30. The highest BCUT2D eigenvalue weighted by Crippen LogP contribution is 2.29. The molecule has 3 heteroatoms. The molecule has 3 nitrogen and oxygen atoms in total. The lowest BCUT2D eigenvalue weighted by atomic mass is 10.00. The van der Waals surface area contributed by atoms with Crippen molar-refractivity contribution in [2.24, 2.45) is 0 Å². The molecule has 0 spiro atoms. The molecule has 1 aliphatic heterocycles. The van der Waals surface area contributed by atoms with E-state index in [1.54, 1.807) is 7.11 Å². The normalized spacial score (nSPS) is 14.1. The van der Waals surface area contributed by atoms with Crippen LogP contribution in [0.15, 0.2) is 18.2 Å². The predicted octanol–water partition coefficient (Wildman–Crippen LogP) is 2.18. The van der Waals surface area contributed by atoms with Crippen LogP contribution >= 0.6 is 0 Å². The van der Waals surface area contributed by atoms with Gasteiger partial charge in [0, 0.05) is 13.7 Å². The fourth-order valence-electron chi connectivity index (χ4n) is 2.36. The summed E-state index contributed by atoms with van der Waals surface area (Å²) >= 11 is 0. The van der Waals surface area contributed by atoms with Gasteiger partial charge in [0.15, 0.2) is 0 Å². The second kappa shape index (κ2) is 7.39. The Hall–Kier alpha value is -1.06. The second-order valence-electron chi connectivity index (χ2n) is 4.70. The van der Waals surface area contributed by atoms with Crippen molar-refractivity contribution in [2.45, 2.75) is 25.7 Å². The van der Waals surface area contributed by atoms with Crippen LogP contribution in [0.5, 0.6) is 5.75 Å². The molecule has 0 atom stereocenters. The minimum Gasteiger partial charge on any atom is -0.493 e. The van der Waals surface area contributed by atoms with Gasteiger partial charge in [-0.3, -0.25) is 0 Å². The van der Waals surface area contributed by atoms with E-state index >= 15 is 0 Å². The van der Waals surface area contributed by atoms with E-state index in [4.69, 9.17) is 9.47 Å². The van der Waals surface area contributed by atoms with E-state index in [1.165, 1.54) is 11.1 Å². The standard InChI is InChI=1S/C15H23NO2/c1-17-12-10-16-9-3-7-13-5-2-6-14-8-4-11-18-15(13)14/h2,5-6,16H,3-4,7-12H2,1H3. The van der Waals surface area contributed by atoms with Crippen molar-refractivity contribution in [3.8, 4) is 5.75 Å². The Morgan fingerprint density at radius 2 is 2.28 bits per heavy atom. The lowest BCUT2D eigenvalue weighted by Crippen LogP contribution is -2.20. The maximum Gasteiger partial charge on any atom is 0.125 e. The molecule has 0 aromatic heterocycles. The minimum atomic E-state index is 0.782. The Labute approximate surface area is 109 Å². The Balaban J connectivity index is 1.79. The highest BCUT2D eigenvalue weighted by atomic mass is 16.5. The van der Waals surface area contributed by atoms with E-state index in [-0.39, 0.29) is 0 Å². The van der Waals surface area contributed by atoms with E-state index in [9.17, 15) is 0 Å². The first-order valence-corrected chi connectivity index (χ1v) is 6.85. The first kappa shape index (κ1) is 13.4. The number of hydrogen-bond donors (Lipinski definition) is 1. The first-order chi connectivity index (χ1) is 8.92. The monoisotopic (exact) mass is 249 g/mol. The summed E-state index contributed by atoms with van der Waals surface area (Å²) in [6.45, 7) is 3.62. The van der Waals surface area contributed by atoms with Gasteiger partial charge in [-0.05, 0) is 43.4 Å². The van der Waals surface area contributed by atoms with Gasteiger partial charge in [0.05, 0.1) is 13.2 Å². The largest absolute Gasteiger partial charge is 0.493 e. The van der Waals surface area contributed by atoms with Crippen LogP contribution in [0.1, 0.15) is 24.0 Å². The van der Waals surface area contributed by atoms with Gasteiger partial charge >= 0.3 is 0 Å². The Kier molecular flexibility index (Phi) is 5.49. The number of hydrogen-bond acceptors (Lipinski definition) is 3. The molecule has 1 heterocycles. The summed E-state index contributed by atoms with van der Waals surface area (Å²) in [4.78, 5) is 0. The number of para-hydroxylation sites is 1. The minimum absolute atomic E-state index is 0.782. The molecule has 18 heavy (non-hydrogen) atoms. The van der Waals surface area contributed by atoms with Crippen LogP contribution in [0.3, 0.4) is 0 Å². The molecule has 0 aliphatic carbocycles. The number of fused-ring (bicyclic) bond motifs is 1. The van der Waals surface area contributed by atoms with Gasteiger partial charge < -0.3 is 14.8 Å². The third kappa shape index (κ3) is 3.72. The lowest BCUT2D eigenvalue weighted by molar-refractivity contribution is 0.199. The van der Waals surface area contributed by atoms with Gasteiger partial charge in [-0.15, -0.1) is 0 Å². The maximum absolute atomic E-state index is 5.81. The molecule has 100 valence electrons. The van der Waals surface area contributed by atoms with E-state index in [0.29, 0.717) is 0 Å². The zero-order valence-corrected chi connectivity index (χ0v) is 11.2. The van der Waals surface area contributed by atoms with Crippen molar-refractivity contribution in [1.82, 2.24) is 5.32 Å². The summed E-state index contributed by atoms with van der Waals surface area (Å²) in [7, 11) is 1.73. The van der Waals surface area contributed by atoms with Crippen LogP contribution in [0, 0.1) is 0 Å². The molecular formula is C15H23NO2. The van der Waals surface area contributed by atoms with Crippen LogP contribution in [0.25, 0.3) is 0 Å². The summed E-state index contributed by atoms with van der Waals surface area (Å²) < 4.78 is 10.8. The lowest BCUT2D eigenvalue weighted by Gasteiger charge is -2.20. The molecule has 0 saturated heterocycles. The smallest absolute Gasteiger partial charge is 0.125 e. The molecule has 2 rings (SSSR count). The molecule has 0 saturated carbocycles. The average molecular weight is 249 g/mol. The SMILES string of the molecule is COCCNCCCc1cccc2c1OCCC2. The Bertz CT molecular complexity index is 366. The molecule has 0 amide bonds. The van der Waals surface area contributed by atoms with Gasteiger partial charge in [-0.2, -0.15) is 0 Å². The van der Waals surface area contributed by atoms with Gasteiger partial charge in [0.1, 0.15) is 5.75 Å². The van der Waals surface area contributed by atoms with Crippen molar-refractivity contribution in [3.63, 3.8) is 0 Å².